The van der Waals surface area contributed by atoms with Gasteiger partial charge in [0.05, 0.1) is 11.6 Å². The first-order chi connectivity index (χ1) is 10.7. The Kier molecular flexibility index (Phi) is 4.81. The maximum absolute atomic E-state index is 11.9. The van der Waals surface area contributed by atoms with E-state index in [2.05, 4.69) is 30.3 Å². The number of pyridine rings is 1. The Morgan fingerprint density at radius 2 is 2.18 bits per heavy atom. The van der Waals surface area contributed by atoms with Gasteiger partial charge in [-0.05, 0) is 12.1 Å². The van der Waals surface area contributed by atoms with Gasteiger partial charge in [-0.1, -0.05) is 22.9 Å². The number of anilines is 2. The topological polar surface area (TPSA) is 74.2 Å². The van der Waals surface area contributed by atoms with Crippen molar-refractivity contribution < 1.29 is 4.79 Å². The zero-order chi connectivity index (χ0) is 15.4. The van der Waals surface area contributed by atoms with Gasteiger partial charge < -0.3 is 4.90 Å². The molecule has 2 aromatic heterocycles. The normalized spacial score (nSPS) is 15.8. The van der Waals surface area contributed by atoms with Gasteiger partial charge >= 0.3 is 0 Å². The maximum atomic E-state index is 11.9. The van der Waals surface area contributed by atoms with Crippen LogP contribution in [0.1, 0.15) is 0 Å². The highest BCUT2D eigenvalue weighted by Crippen LogP contribution is 2.23. The molecule has 1 aliphatic heterocycles. The number of aromatic nitrogens is 3. The van der Waals surface area contributed by atoms with Crippen molar-refractivity contribution in [1.82, 2.24) is 20.1 Å². The van der Waals surface area contributed by atoms with Crippen LogP contribution in [0, 0.1) is 0 Å². The molecule has 1 N–H and O–H groups in total. The van der Waals surface area contributed by atoms with Crippen molar-refractivity contribution in [2.24, 2.45) is 0 Å². The molecule has 0 aliphatic carbocycles. The number of carbonyl (C=O) groups excluding carboxylic acids is 1. The molecule has 0 aromatic carbocycles. The van der Waals surface area contributed by atoms with Crippen LogP contribution in [0.5, 0.6) is 0 Å². The molecule has 0 atom stereocenters. The Morgan fingerprint density at radius 3 is 2.86 bits per heavy atom. The number of hydrogen-bond donors (Lipinski definition) is 1. The van der Waals surface area contributed by atoms with E-state index in [0.29, 0.717) is 16.7 Å². The maximum Gasteiger partial charge on any atom is 0.240 e. The fraction of sp³-hybridized carbons (Fsp3) is 0.385. The second kappa shape index (κ2) is 6.99. The summed E-state index contributed by atoms with van der Waals surface area (Å²) in [5.41, 5.74) is 1.59. The van der Waals surface area contributed by atoms with E-state index in [1.54, 1.807) is 11.7 Å². The van der Waals surface area contributed by atoms with Crippen LogP contribution in [0.3, 0.4) is 0 Å². The zero-order valence-electron chi connectivity index (χ0n) is 11.8. The van der Waals surface area contributed by atoms with Crippen LogP contribution in [0.2, 0.25) is 5.02 Å². The van der Waals surface area contributed by atoms with Crippen LogP contribution >= 0.6 is 22.9 Å². The number of carbonyl (C=O) groups is 1. The zero-order valence-corrected chi connectivity index (χ0v) is 13.3. The molecule has 3 rings (SSSR count). The van der Waals surface area contributed by atoms with Gasteiger partial charge in [-0.15, -0.1) is 10.2 Å². The van der Waals surface area contributed by atoms with Gasteiger partial charge in [-0.25, -0.2) is 4.98 Å². The van der Waals surface area contributed by atoms with Crippen molar-refractivity contribution in [3.8, 4) is 0 Å². The average molecular weight is 339 g/mol. The van der Waals surface area contributed by atoms with Crippen molar-refractivity contribution in [2.45, 2.75) is 0 Å². The van der Waals surface area contributed by atoms with Gasteiger partial charge in [-0.2, -0.15) is 0 Å². The summed E-state index contributed by atoms with van der Waals surface area (Å²) in [7, 11) is 0. The third-order valence-electron chi connectivity index (χ3n) is 3.38. The minimum atomic E-state index is -0.0685. The number of halogens is 1. The van der Waals surface area contributed by atoms with Gasteiger partial charge in [0.2, 0.25) is 11.0 Å². The molecular weight excluding hydrogens is 324 g/mol. The molecule has 7 nitrogen and oxygen atoms in total. The minimum absolute atomic E-state index is 0.0685. The molecule has 1 aliphatic rings. The molecule has 9 heteroatoms. The lowest BCUT2D eigenvalue weighted by Crippen LogP contribution is -2.49. The van der Waals surface area contributed by atoms with E-state index in [0.717, 1.165) is 32.0 Å². The van der Waals surface area contributed by atoms with Crippen molar-refractivity contribution >= 4 is 39.8 Å². The van der Waals surface area contributed by atoms with Crippen molar-refractivity contribution in [3.05, 3.63) is 28.9 Å². The highest BCUT2D eigenvalue weighted by atomic mass is 35.5. The first kappa shape index (κ1) is 15.1. The lowest BCUT2D eigenvalue weighted by atomic mass is 10.3. The molecule has 0 spiro atoms. The van der Waals surface area contributed by atoms with Gasteiger partial charge in [0.25, 0.3) is 0 Å². The molecule has 3 heterocycles. The SMILES string of the molecule is O=C(CN1CCN(c2ncccc2Cl)CC1)Nc1nncs1. The number of piperazine rings is 1. The summed E-state index contributed by atoms with van der Waals surface area (Å²) in [6, 6.07) is 3.66. The number of rotatable bonds is 4. The summed E-state index contributed by atoms with van der Waals surface area (Å²) in [6.45, 7) is 3.52. The van der Waals surface area contributed by atoms with Crippen molar-refractivity contribution in [2.75, 3.05) is 42.9 Å². The molecule has 1 saturated heterocycles. The summed E-state index contributed by atoms with van der Waals surface area (Å²) < 4.78 is 0. The first-order valence-corrected chi connectivity index (χ1v) is 8.12. The Labute approximate surface area is 136 Å². The van der Waals surface area contributed by atoms with Crippen LogP contribution < -0.4 is 10.2 Å². The standard InChI is InChI=1S/C13H15ClN6OS/c14-10-2-1-3-15-12(10)20-6-4-19(5-7-20)8-11(21)17-13-18-16-9-22-13/h1-3,9H,4-8H2,(H,17,18,21). The summed E-state index contributed by atoms with van der Waals surface area (Å²) in [5, 5.41) is 11.4. The lowest BCUT2D eigenvalue weighted by molar-refractivity contribution is -0.117. The van der Waals surface area contributed by atoms with E-state index in [4.69, 9.17) is 11.6 Å². The number of amides is 1. The van der Waals surface area contributed by atoms with E-state index in [1.165, 1.54) is 11.3 Å². The molecule has 0 radical (unpaired) electrons. The fourth-order valence-corrected chi connectivity index (χ4v) is 3.02. The Bertz CT molecular complexity index is 629. The van der Waals surface area contributed by atoms with Crippen LogP contribution in [0.25, 0.3) is 0 Å². The number of hydrogen-bond acceptors (Lipinski definition) is 7. The molecule has 0 unspecified atom stereocenters. The molecule has 2 aromatic rings. The van der Waals surface area contributed by atoms with Crippen LogP contribution in [0.4, 0.5) is 10.9 Å². The summed E-state index contributed by atoms with van der Waals surface area (Å²) >= 11 is 7.47. The molecule has 116 valence electrons. The van der Waals surface area contributed by atoms with E-state index >= 15 is 0 Å². The van der Waals surface area contributed by atoms with Crippen LogP contribution in [0.15, 0.2) is 23.8 Å². The van der Waals surface area contributed by atoms with E-state index < -0.39 is 0 Å². The van der Waals surface area contributed by atoms with E-state index in [9.17, 15) is 4.79 Å². The highest BCUT2D eigenvalue weighted by molar-refractivity contribution is 7.13. The molecule has 0 bridgehead atoms. The first-order valence-electron chi connectivity index (χ1n) is 6.86. The Balaban J connectivity index is 1.49. The van der Waals surface area contributed by atoms with Gasteiger partial charge in [0.15, 0.2) is 0 Å². The quantitative estimate of drug-likeness (QED) is 0.907. The Hall–Kier alpha value is -1.77. The van der Waals surface area contributed by atoms with Crippen molar-refractivity contribution in [3.63, 3.8) is 0 Å². The highest BCUT2D eigenvalue weighted by Gasteiger charge is 2.21. The van der Waals surface area contributed by atoms with Gasteiger partial charge in [0.1, 0.15) is 11.3 Å². The third-order valence-corrected chi connectivity index (χ3v) is 4.29. The van der Waals surface area contributed by atoms with Crippen LogP contribution in [-0.2, 0) is 4.79 Å². The smallest absolute Gasteiger partial charge is 0.240 e. The monoisotopic (exact) mass is 338 g/mol. The lowest BCUT2D eigenvalue weighted by Gasteiger charge is -2.35. The molecule has 1 fully saturated rings. The van der Waals surface area contributed by atoms with E-state index in [-0.39, 0.29) is 5.91 Å². The molecular formula is C13H15ClN6OS. The summed E-state index contributed by atoms with van der Waals surface area (Å²) in [6.07, 6.45) is 1.74. The molecule has 0 saturated carbocycles. The average Bonchev–Trinajstić information content (AvgIpc) is 3.01. The number of nitrogens with one attached hydrogen (secondary N) is 1. The van der Waals surface area contributed by atoms with Gasteiger partial charge in [-0.3, -0.25) is 15.0 Å². The third kappa shape index (κ3) is 3.70. The second-order valence-corrected chi connectivity index (χ2v) is 6.10. The van der Waals surface area contributed by atoms with E-state index in [1.807, 2.05) is 12.1 Å². The fourth-order valence-electron chi connectivity index (χ4n) is 2.32. The largest absolute Gasteiger partial charge is 0.353 e. The van der Waals surface area contributed by atoms with Crippen molar-refractivity contribution in [1.29, 1.82) is 0 Å². The second-order valence-electron chi connectivity index (χ2n) is 4.86. The van der Waals surface area contributed by atoms with Crippen LogP contribution in [-0.4, -0.2) is 58.7 Å². The predicted octanol–water partition coefficient (Wildman–Crippen LogP) is 1.35. The predicted molar refractivity (Wildman–Crippen MR) is 86.4 cm³/mol. The van der Waals surface area contributed by atoms with Gasteiger partial charge in [0, 0.05) is 32.4 Å². The minimum Gasteiger partial charge on any atom is -0.353 e. The molecule has 1 amide bonds. The molecule has 22 heavy (non-hydrogen) atoms. The Morgan fingerprint density at radius 1 is 1.36 bits per heavy atom. The summed E-state index contributed by atoms with van der Waals surface area (Å²) in [4.78, 5) is 20.5. The number of nitrogens with zero attached hydrogens (tertiary/aromatic N) is 5. The summed E-state index contributed by atoms with van der Waals surface area (Å²) in [5.74, 6) is 0.739.